The van der Waals surface area contributed by atoms with Gasteiger partial charge in [0, 0.05) is 16.7 Å². The molecule has 0 atom stereocenters. The third-order valence-electron chi connectivity index (χ3n) is 2.70. The van der Waals surface area contributed by atoms with E-state index < -0.39 is 16.4 Å². The van der Waals surface area contributed by atoms with Crippen LogP contribution in [0.1, 0.15) is 11.1 Å². The second kappa shape index (κ2) is 6.49. The molecule has 0 aromatic heterocycles. The quantitative estimate of drug-likeness (QED) is 0.520. The van der Waals surface area contributed by atoms with Crippen molar-refractivity contribution in [3.8, 4) is 0 Å². The van der Waals surface area contributed by atoms with Gasteiger partial charge in [-0.1, -0.05) is 18.2 Å². The molecule has 104 valence electrons. The third-order valence-corrected chi connectivity index (χ3v) is 3.76. The Morgan fingerprint density at radius 2 is 2.00 bits per heavy atom. The van der Waals surface area contributed by atoms with E-state index >= 15 is 0 Å². The number of benzene rings is 2. The van der Waals surface area contributed by atoms with E-state index in [1.54, 1.807) is 6.07 Å². The van der Waals surface area contributed by atoms with Crippen molar-refractivity contribution in [1.29, 1.82) is 0 Å². The van der Waals surface area contributed by atoms with Crippen LogP contribution in [0.2, 0.25) is 0 Å². The summed E-state index contributed by atoms with van der Waals surface area (Å²) in [6.45, 7) is -0.0272. The Morgan fingerprint density at radius 1 is 1.20 bits per heavy atom. The van der Waals surface area contributed by atoms with E-state index in [0.29, 0.717) is 11.3 Å². The largest absolute Gasteiger partial charge is 0.392 e. The molecule has 0 unspecified atom stereocenters. The zero-order valence-corrected chi connectivity index (χ0v) is 11.3. The molecule has 1 N–H and O–H groups in total. The molecule has 0 fully saturated rings. The minimum absolute atomic E-state index is 0.0272. The normalized spacial score (nSPS) is 10.5. The number of halogens is 1. The van der Waals surface area contributed by atoms with E-state index in [1.165, 1.54) is 23.9 Å². The number of thioether (sulfide) groups is 1. The standard InChI is InChI=1S/C14H12FNO3S/c15-13-7-11(4-5-14(13)16(18)19)9-20-12-3-1-2-10(6-12)8-17/h1-7,17H,8-9H2. The highest BCUT2D eigenvalue weighted by Gasteiger charge is 2.13. The lowest BCUT2D eigenvalue weighted by Crippen LogP contribution is -1.93. The summed E-state index contributed by atoms with van der Waals surface area (Å²) in [5, 5.41) is 19.6. The molecule has 0 radical (unpaired) electrons. The van der Waals surface area contributed by atoms with Crippen LogP contribution in [0.15, 0.2) is 47.4 Å². The zero-order valence-electron chi connectivity index (χ0n) is 10.5. The van der Waals surface area contributed by atoms with Crippen LogP contribution in [0.5, 0.6) is 0 Å². The fourth-order valence-electron chi connectivity index (χ4n) is 1.69. The molecule has 2 aromatic carbocycles. The van der Waals surface area contributed by atoms with Gasteiger partial charge in [0.05, 0.1) is 11.5 Å². The van der Waals surface area contributed by atoms with Gasteiger partial charge in [-0.05, 0) is 29.3 Å². The number of nitro benzene ring substituents is 1. The highest BCUT2D eigenvalue weighted by atomic mass is 32.2. The topological polar surface area (TPSA) is 63.4 Å². The van der Waals surface area contributed by atoms with Crippen LogP contribution in [0, 0.1) is 15.9 Å². The summed E-state index contributed by atoms with van der Waals surface area (Å²) in [7, 11) is 0. The van der Waals surface area contributed by atoms with Crippen molar-refractivity contribution in [2.24, 2.45) is 0 Å². The first-order valence-electron chi connectivity index (χ1n) is 5.85. The molecule has 0 spiro atoms. The predicted octanol–water partition coefficient (Wildman–Crippen LogP) is 3.52. The smallest absolute Gasteiger partial charge is 0.304 e. The van der Waals surface area contributed by atoms with E-state index in [4.69, 9.17) is 5.11 Å². The SMILES string of the molecule is O=[N+]([O-])c1ccc(CSc2cccc(CO)c2)cc1F. The molecular weight excluding hydrogens is 281 g/mol. The summed E-state index contributed by atoms with van der Waals surface area (Å²) in [6, 6.07) is 11.3. The molecule has 0 saturated carbocycles. The fourth-order valence-corrected chi connectivity index (χ4v) is 2.61. The number of hydrogen-bond donors (Lipinski definition) is 1. The van der Waals surface area contributed by atoms with Gasteiger partial charge in [-0.3, -0.25) is 10.1 Å². The molecule has 0 aliphatic heterocycles. The number of aliphatic hydroxyl groups excluding tert-OH is 1. The van der Waals surface area contributed by atoms with Crippen molar-refractivity contribution >= 4 is 17.4 Å². The molecule has 4 nitrogen and oxygen atoms in total. The minimum atomic E-state index is -0.822. The molecular formula is C14H12FNO3S. The van der Waals surface area contributed by atoms with Crippen LogP contribution in [0.4, 0.5) is 10.1 Å². The monoisotopic (exact) mass is 293 g/mol. The molecule has 2 rings (SSSR count). The number of rotatable bonds is 5. The number of hydrogen-bond acceptors (Lipinski definition) is 4. The van der Waals surface area contributed by atoms with E-state index in [9.17, 15) is 14.5 Å². The Balaban J connectivity index is 2.07. The van der Waals surface area contributed by atoms with Crippen LogP contribution in [0.3, 0.4) is 0 Å². The molecule has 2 aromatic rings. The van der Waals surface area contributed by atoms with Crippen LogP contribution < -0.4 is 0 Å². The Morgan fingerprint density at radius 3 is 2.65 bits per heavy atom. The van der Waals surface area contributed by atoms with E-state index in [0.717, 1.165) is 10.5 Å². The van der Waals surface area contributed by atoms with Crippen molar-refractivity contribution in [3.63, 3.8) is 0 Å². The lowest BCUT2D eigenvalue weighted by molar-refractivity contribution is -0.387. The van der Waals surface area contributed by atoms with Crippen LogP contribution >= 0.6 is 11.8 Å². The fraction of sp³-hybridized carbons (Fsp3) is 0.143. The van der Waals surface area contributed by atoms with E-state index in [1.807, 2.05) is 24.3 Å². The molecule has 6 heteroatoms. The van der Waals surface area contributed by atoms with Crippen molar-refractivity contribution in [1.82, 2.24) is 0 Å². The first kappa shape index (κ1) is 14.5. The molecule has 0 heterocycles. The lowest BCUT2D eigenvalue weighted by Gasteiger charge is -2.04. The van der Waals surface area contributed by atoms with Gasteiger partial charge < -0.3 is 5.11 Å². The van der Waals surface area contributed by atoms with Gasteiger partial charge in [-0.25, -0.2) is 0 Å². The van der Waals surface area contributed by atoms with Gasteiger partial charge in [0.1, 0.15) is 0 Å². The van der Waals surface area contributed by atoms with E-state index in [2.05, 4.69) is 0 Å². The Hall–Kier alpha value is -1.92. The second-order valence-corrected chi connectivity index (χ2v) is 5.19. The molecule has 0 aliphatic rings. The van der Waals surface area contributed by atoms with Gasteiger partial charge in [0.15, 0.2) is 0 Å². The average molecular weight is 293 g/mol. The highest BCUT2D eigenvalue weighted by Crippen LogP contribution is 2.26. The number of nitrogens with zero attached hydrogens (tertiary/aromatic N) is 1. The maximum absolute atomic E-state index is 13.5. The summed E-state index contributed by atoms with van der Waals surface area (Å²) < 4.78 is 13.5. The average Bonchev–Trinajstić information content (AvgIpc) is 2.45. The van der Waals surface area contributed by atoms with Crippen LogP contribution in [-0.4, -0.2) is 10.0 Å². The molecule has 0 saturated heterocycles. The van der Waals surface area contributed by atoms with Gasteiger partial charge in [-0.15, -0.1) is 11.8 Å². The third kappa shape index (κ3) is 3.55. The maximum atomic E-state index is 13.5. The molecule has 0 bridgehead atoms. The Labute approximate surface area is 119 Å². The summed E-state index contributed by atoms with van der Waals surface area (Å²) >= 11 is 1.48. The predicted molar refractivity (Wildman–Crippen MR) is 75.0 cm³/mol. The van der Waals surface area contributed by atoms with Crippen LogP contribution in [0.25, 0.3) is 0 Å². The summed E-state index contributed by atoms with van der Waals surface area (Å²) in [5.41, 5.74) is 0.971. The van der Waals surface area contributed by atoms with E-state index in [-0.39, 0.29) is 6.61 Å². The van der Waals surface area contributed by atoms with Crippen molar-refractivity contribution in [2.75, 3.05) is 0 Å². The minimum Gasteiger partial charge on any atom is -0.392 e. The molecule has 20 heavy (non-hydrogen) atoms. The van der Waals surface area contributed by atoms with Gasteiger partial charge >= 0.3 is 5.69 Å². The second-order valence-electron chi connectivity index (χ2n) is 4.14. The Kier molecular flexibility index (Phi) is 4.70. The Bertz CT molecular complexity index is 634. The summed E-state index contributed by atoms with van der Waals surface area (Å²) in [6.07, 6.45) is 0. The first-order chi connectivity index (χ1) is 9.60. The highest BCUT2D eigenvalue weighted by molar-refractivity contribution is 7.98. The zero-order chi connectivity index (χ0) is 14.5. The summed E-state index contributed by atoms with van der Waals surface area (Å²) in [5.74, 6) is -0.318. The van der Waals surface area contributed by atoms with Gasteiger partial charge in [0.2, 0.25) is 5.82 Å². The van der Waals surface area contributed by atoms with Crippen LogP contribution in [-0.2, 0) is 12.4 Å². The van der Waals surface area contributed by atoms with Crippen molar-refractivity contribution < 1.29 is 14.4 Å². The number of aliphatic hydroxyl groups is 1. The maximum Gasteiger partial charge on any atom is 0.304 e. The molecule has 0 amide bonds. The van der Waals surface area contributed by atoms with Crippen molar-refractivity contribution in [3.05, 3.63) is 69.5 Å². The first-order valence-corrected chi connectivity index (χ1v) is 6.84. The lowest BCUT2D eigenvalue weighted by atomic mass is 10.2. The molecule has 0 aliphatic carbocycles. The van der Waals surface area contributed by atoms with Gasteiger partial charge in [-0.2, -0.15) is 4.39 Å². The van der Waals surface area contributed by atoms with Gasteiger partial charge in [0.25, 0.3) is 0 Å². The van der Waals surface area contributed by atoms with Crippen molar-refractivity contribution in [2.45, 2.75) is 17.3 Å². The number of nitro groups is 1. The summed E-state index contributed by atoms with van der Waals surface area (Å²) in [4.78, 5) is 10.7.